The van der Waals surface area contributed by atoms with Gasteiger partial charge in [0, 0.05) is 6.54 Å². The van der Waals surface area contributed by atoms with Crippen LogP contribution >= 0.6 is 0 Å². The molecule has 0 radical (unpaired) electrons. The lowest BCUT2D eigenvalue weighted by Crippen LogP contribution is -2.17. The predicted octanol–water partition coefficient (Wildman–Crippen LogP) is 3.75. The third-order valence-electron chi connectivity index (χ3n) is 4.81. The Morgan fingerprint density at radius 2 is 1.92 bits per heavy atom. The van der Waals surface area contributed by atoms with E-state index in [1.807, 2.05) is 31.2 Å². The third kappa shape index (κ3) is 4.71. The van der Waals surface area contributed by atoms with Crippen molar-refractivity contribution in [3.63, 3.8) is 0 Å². The molecule has 0 saturated heterocycles. The van der Waals surface area contributed by atoms with Gasteiger partial charge in [-0.15, -0.1) is 0 Å². The van der Waals surface area contributed by atoms with Crippen LogP contribution in [0.5, 0.6) is 5.88 Å². The number of aldehydes is 1. The van der Waals surface area contributed by atoms with Gasteiger partial charge in [0.2, 0.25) is 11.8 Å². The van der Waals surface area contributed by atoms with Crippen LogP contribution in [0.1, 0.15) is 53.6 Å². The first-order valence-corrected chi connectivity index (χ1v) is 9.20. The summed E-state index contributed by atoms with van der Waals surface area (Å²) in [6.45, 7) is 3.15. The van der Waals surface area contributed by atoms with Crippen LogP contribution in [0.2, 0.25) is 0 Å². The van der Waals surface area contributed by atoms with Crippen molar-refractivity contribution >= 4 is 18.1 Å². The Morgan fingerprint density at radius 3 is 2.62 bits per heavy atom. The monoisotopic (exact) mass is 354 g/mol. The molecule has 3 rings (SSSR count). The Balaban J connectivity index is 1.71. The molecular formula is C20H26N4O2. The van der Waals surface area contributed by atoms with Crippen molar-refractivity contribution < 1.29 is 9.53 Å². The van der Waals surface area contributed by atoms with E-state index in [9.17, 15) is 4.79 Å². The second kappa shape index (κ2) is 8.65. The predicted molar refractivity (Wildman–Crippen MR) is 102 cm³/mol. The highest BCUT2D eigenvalue weighted by atomic mass is 16.5. The van der Waals surface area contributed by atoms with Crippen molar-refractivity contribution in [2.75, 3.05) is 17.7 Å². The smallest absolute Gasteiger partial charge is 0.231 e. The van der Waals surface area contributed by atoms with E-state index in [4.69, 9.17) is 10.5 Å². The number of anilines is 2. The molecule has 3 N–H and O–H groups in total. The number of nitrogens with one attached hydrogen (secondary N) is 1. The van der Waals surface area contributed by atoms with Gasteiger partial charge in [0.05, 0.1) is 6.61 Å². The molecule has 0 amide bonds. The molecule has 1 aliphatic carbocycles. The van der Waals surface area contributed by atoms with Crippen LogP contribution in [-0.2, 0) is 6.54 Å². The van der Waals surface area contributed by atoms with Crippen molar-refractivity contribution in [2.45, 2.75) is 45.6 Å². The summed E-state index contributed by atoms with van der Waals surface area (Å²) < 4.78 is 5.85. The highest BCUT2D eigenvalue weighted by Gasteiger charge is 2.18. The average Bonchev–Trinajstić information content (AvgIpc) is 2.66. The molecule has 0 spiro atoms. The standard InChI is InChI=1S/C20H26N4O2/c1-14-7-9-15(10-8-14)11-22-18-17(12-25)19(24-20(21)23-18)26-13-16-5-3-2-4-6-16/h7-10,12,16H,2-6,11,13H2,1H3,(H3,21,22,23,24). The van der Waals surface area contributed by atoms with Gasteiger partial charge >= 0.3 is 0 Å². The van der Waals surface area contributed by atoms with Crippen LogP contribution in [-0.4, -0.2) is 22.9 Å². The summed E-state index contributed by atoms with van der Waals surface area (Å²) in [6.07, 6.45) is 6.83. The van der Waals surface area contributed by atoms with E-state index in [0.717, 1.165) is 24.7 Å². The number of benzene rings is 1. The number of nitrogens with two attached hydrogens (primary N) is 1. The number of nitrogen functional groups attached to an aromatic ring is 1. The zero-order chi connectivity index (χ0) is 18.4. The van der Waals surface area contributed by atoms with Gasteiger partial charge in [0.25, 0.3) is 0 Å². The molecule has 1 saturated carbocycles. The SMILES string of the molecule is Cc1ccc(CNc2nc(N)nc(OCC3CCCCC3)c2C=O)cc1. The van der Waals surface area contributed by atoms with E-state index in [2.05, 4.69) is 15.3 Å². The summed E-state index contributed by atoms with van der Waals surface area (Å²) in [7, 11) is 0. The molecule has 6 nitrogen and oxygen atoms in total. The van der Waals surface area contributed by atoms with Crippen molar-refractivity contribution in [1.29, 1.82) is 0 Å². The normalized spacial score (nSPS) is 14.8. The average molecular weight is 354 g/mol. The number of hydrogen-bond acceptors (Lipinski definition) is 6. The first-order valence-electron chi connectivity index (χ1n) is 9.20. The van der Waals surface area contributed by atoms with Crippen molar-refractivity contribution in [3.05, 3.63) is 41.0 Å². The minimum atomic E-state index is 0.0978. The van der Waals surface area contributed by atoms with Gasteiger partial charge in [-0.2, -0.15) is 9.97 Å². The Labute approximate surface area is 154 Å². The first kappa shape index (κ1) is 18.2. The Morgan fingerprint density at radius 1 is 1.19 bits per heavy atom. The fourth-order valence-corrected chi connectivity index (χ4v) is 3.26. The van der Waals surface area contributed by atoms with Crippen molar-refractivity contribution in [1.82, 2.24) is 9.97 Å². The molecule has 1 aromatic heterocycles. The van der Waals surface area contributed by atoms with E-state index in [0.29, 0.717) is 30.5 Å². The molecule has 0 aliphatic heterocycles. The number of aryl methyl sites for hydroxylation is 1. The van der Waals surface area contributed by atoms with Gasteiger partial charge in [0.1, 0.15) is 11.4 Å². The fourth-order valence-electron chi connectivity index (χ4n) is 3.26. The van der Waals surface area contributed by atoms with Crippen molar-refractivity contribution in [3.8, 4) is 5.88 Å². The zero-order valence-corrected chi connectivity index (χ0v) is 15.2. The van der Waals surface area contributed by atoms with Crippen LogP contribution in [0.4, 0.5) is 11.8 Å². The van der Waals surface area contributed by atoms with Crippen LogP contribution in [0.3, 0.4) is 0 Å². The van der Waals surface area contributed by atoms with E-state index >= 15 is 0 Å². The van der Waals surface area contributed by atoms with Gasteiger partial charge in [-0.3, -0.25) is 4.79 Å². The molecule has 0 unspecified atom stereocenters. The molecule has 2 aromatic rings. The maximum Gasteiger partial charge on any atom is 0.231 e. The number of carbonyl (C=O) groups is 1. The zero-order valence-electron chi connectivity index (χ0n) is 15.2. The molecule has 0 bridgehead atoms. The first-order chi connectivity index (χ1) is 12.7. The van der Waals surface area contributed by atoms with Gasteiger partial charge in [-0.1, -0.05) is 49.1 Å². The number of carbonyl (C=O) groups excluding carboxylic acids is 1. The molecular weight excluding hydrogens is 328 g/mol. The summed E-state index contributed by atoms with van der Waals surface area (Å²) in [4.78, 5) is 19.9. The lowest BCUT2D eigenvalue weighted by Gasteiger charge is -2.22. The molecule has 138 valence electrons. The summed E-state index contributed by atoms with van der Waals surface area (Å²) in [5, 5.41) is 3.18. The van der Waals surface area contributed by atoms with E-state index in [1.54, 1.807) is 0 Å². The van der Waals surface area contributed by atoms with Crippen LogP contribution in [0.25, 0.3) is 0 Å². The number of ether oxygens (including phenoxy) is 1. The molecule has 1 fully saturated rings. The second-order valence-corrected chi connectivity index (χ2v) is 6.92. The Hall–Kier alpha value is -2.63. The Kier molecular flexibility index (Phi) is 6.04. The third-order valence-corrected chi connectivity index (χ3v) is 4.81. The maximum absolute atomic E-state index is 11.6. The van der Waals surface area contributed by atoms with E-state index in [-0.39, 0.29) is 11.8 Å². The number of rotatable bonds is 7. The van der Waals surface area contributed by atoms with E-state index < -0.39 is 0 Å². The van der Waals surface area contributed by atoms with Gasteiger partial charge in [-0.05, 0) is 31.2 Å². The van der Waals surface area contributed by atoms with Crippen molar-refractivity contribution in [2.24, 2.45) is 5.92 Å². The highest BCUT2D eigenvalue weighted by Crippen LogP contribution is 2.27. The molecule has 1 aromatic carbocycles. The minimum absolute atomic E-state index is 0.0978. The second-order valence-electron chi connectivity index (χ2n) is 6.92. The maximum atomic E-state index is 11.6. The molecule has 6 heteroatoms. The molecule has 1 aliphatic rings. The van der Waals surface area contributed by atoms with Gasteiger partial charge in [0.15, 0.2) is 6.29 Å². The van der Waals surface area contributed by atoms with Gasteiger partial charge in [-0.25, -0.2) is 0 Å². The van der Waals surface area contributed by atoms with Crippen LogP contribution < -0.4 is 15.8 Å². The van der Waals surface area contributed by atoms with Gasteiger partial charge < -0.3 is 15.8 Å². The van der Waals surface area contributed by atoms with Crippen LogP contribution in [0, 0.1) is 12.8 Å². The van der Waals surface area contributed by atoms with E-state index in [1.165, 1.54) is 24.8 Å². The number of hydrogen-bond donors (Lipinski definition) is 2. The largest absolute Gasteiger partial charge is 0.477 e. The lowest BCUT2D eigenvalue weighted by molar-refractivity contribution is 0.111. The molecule has 26 heavy (non-hydrogen) atoms. The topological polar surface area (TPSA) is 90.1 Å². The summed E-state index contributed by atoms with van der Waals surface area (Å²) >= 11 is 0. The minimum Gasteiger partial charge on any atom is -0.477 e. The Bertz CT molecular complexity index is 740. The quantitative estimate of drug-likeness (QED) is 0.736. The summed E-state index contributed by atoms with van der Waals surface area (Å²) in [5.41, 5.74) is 8.44. The molecule has 0 atom stereocenters. The summed E-state index contributed by atoms with van der Waals surface area (Å²) in [6, 6.07) is 8.16. The highest BCUT2D eigenvalue weighted by molar-refractivity contribution is 5.86. The number of nitrogens with zero attached hydrogens (tertiary/aromatic N) is 2. The summed E-state index contributed by atoms with van der Waals surface area (Å²) in [5.74, 6) is 1.29. The molecule has 1 heterocycles. The van der Waals surface area contributed by atoms with Crippen LogP contribution in [0.15, 0.2) is 24.3 Å². The lowest BCUT2D eigenvalue weighted by atomic mass is 9.90. The fraction of sp³-hybridized carbons (Fsp3) is 0.450. The number of aromatic nitrogens is 2.